The SMILES string of the molecule is Cc1cc(C)n(Cc2cccc(C(=O)NCc3nc(-c4ccccc4)cs3)c2)n1. The lowest BCUT2D eigenvalue weighted by Gasteiger charge is -2.08. The summed E-state index contributed by atoms with van der Waals surface area (Å²) in [7, 11) is 0. The zero-order chi connectivity index (χ0) is 20.2. The van der Waals surface area contributed by atoms with Gasteiger partial charge in [-0.2, -0.15) is 5.10 Å². The number of carbonyl (C=O) groups is 1. The molecule has 6 heteroatoms. The molecule has 2 aromatic carbocycles. The van der Waals surface area contributed by atoms with E-state index in [1.54, 1.807) is 11.3 Å². The van der Waals surface area contributed by atoms with Gasteiger partial charge in [0.15, 0.2) is 0 Å². The van der Waals surface area contributed by atoms with Gasteiger partial charge in [-0.05, 0) is 37.6 Å². The third-order valence-electron chi connectivity index (χ3n) is 4.65. The molecule has 0 saturated carbocycles. The van der Waals surface area contributed by atoms with Crippen LogP contribution in [0, 0.1) is 13.8 Å². The maximum atomic E-state index is 12.6. The number of nitrogens with zero attached hydrogens (tertiary/aromatic N) is 3. The fraction of sp³-hybridized carbons (Fsp3) is 0.174. The number of carbonyl (C=O) groups excluding carboxylic acids is 1. The van der Waals surface area contributed by atoms with E-state index in [2.05, 4.69) is 15.4 Å². The predicted octanol–water partition coefficient (Wildman–Crippen LogP) is 4.60. The van der Waals surface area contributed by atoms with Gasteiger partial charge < -0.3 is 5.32 Å². The van der Waals surface area contributed by atoms with Gasteiger partial charge in [0.1, 0.15) is 5.01 Å². The second kappa shape index (κ2) is 8.41. The minimum absolute atomic E-state index is 0.100. The molecule has 1 N–H and O–H groups in total. The highest BCUT2D eigenvalue weighted by atomic mass is 32.1. The van der Waals surface area contributed by atoms with E-state index in [9.17, 15) is 4.79 Å². The minimum atomic E-state index is -0.100. The van der Waals surface area contributed by atoms with Crippen LogP contribution in [0.4, 0.5) is 0 Å². The zero-order valence-electron chi connectivity index (χ0n) is 16.4. The van der Waals surface area contributed by atoms with Crippen LogP contribution in [0.15, 0.2) is 66.0 Å². The fourth-order valence-corrected chi connectivity index (χ4v) is 3.95. The third-order valence-corrected chi connectivity index (χ3v) is 5.50. The van der Waals surface area contributed by atoms with E-state index < -0.39 is 0 Å². The number of rotatable bonds is 6. The van der Waals surface area contributed by atoms with Crippen LogP contribution in [-0.4, -0.2) is 20.7 Å². The Bertz CT molecular complexity index is 1130. The van der Waals surface area contributed by atoms with Gasteiger partial charge in [0, 0.05) is 22.2 Å². The summed E-state index contributed by atoms with van der Waals surface area (Å²) < 4.78 is 1.95. The number of thiazole rings is 1. The monoisotopic (exact) mass is 402 g/mol. The summed E-state index contributed by atoms with van der Waals surface area (Å²) in [5.41, 5.74) is 5.81. The Balaban J connectivity index is 1.40. The van der Waals surface area contributed by atoms with Crippen LogP contribution < -0.4 is 5.32 Å². The summed E-state index contributed by atoms with van der Waals surface area (Å²) in [5.74, 6) is -0.100. The van der Waals surface area contributed by atoms with E-state index >= 15 is 0 Å². The Hall–Kier alpha value is -3.25. The van der Waals surface area contributed by atoms with E-state index in [-0.39, 0.29) is 5.91 Å². The number of benzene rings is 2. The highest BCUT2D eigenvalue weighted by molar-refractivity contribution is 7.09. The Morgan fingerprint density at radius 1 is 1.07 bits per heavy atom. The maximum Gasteiger partial charge on any atom is 0.251 e. The molecule has 0 fully saturated rings. The lowest BCUT2D eigenvalue weighted by molar-refractivity contribution is 0.0950. The number of hydrogen-bond acceptors (Lipinski definition) is 4. The van der Waals surface area contributed by atoms with Crippen molar-refractivity contribution in [2.24, 2.45) is 0 Å². The van der Waals surface area contributed by atoms with Gasteiger partial charge >= 0.3 is 0 Å². The van der Waals surface area contributed by atoms with Crippen molar-refractivity contribution in [3.05, 3.63) is 93.6 Å². The van der Waals surface area contributed by atoms with Crippen molar-refractivity contribution in [2.75, 3.05) is 0 Å². The van der Waals surface area contributed by atoms with E-state index in [4.69, 9.17) is 0 Å². The molecule has 2 heterocycles. The van der Waals surface area contributed by atoms with Crippen LogP contribution in [0.25, 0.3) is 11.3 Å². The average Bonchev–Trinajstić information content (AvgIpc) is 3.33. The Morgan fingerprint density at radius 3 is 2.66 bits per heavy atom. The zero-order valence-corrected chi connectivity index (χ0v) is 17.2. The van der Waals surface area contributed by atoms with Gasteiger partial charge in [-0.1, -0.05) is 42.5 Å². The maximum absolute atomic E-state index is 12.6. The predicted molar refractivity (Wildman–Crippen MR) is 116 cm³/mol. The summed E-state index contributed by atoms with van der Waals surface area (Å²) in [6, 6.07) is 19.8. The molecule has 0 bridgehead atoms. The molecule has 1 amide bonds. The molecule has 5 nitrogen and oxygen atoms in total. The van der Waals surface area contributed by atoms with Crippen LogP contribution in [0.3, 0.4) is 0 Å². The van der Waals surface area contributed by atoms with Crippen LogP contribution in [-0.2, 0) is 13.1 Å². The van der Waals surface area contributed by atoms with Crippen molar-refractivity contribution in [3.8, 4) is 11.3 Å². The Morgan fingerprint density at radius 2 is 1.90 bits per heavy atom. The molecule has 4 rings (SSSR count). The Kier molecular flexibility index (Phi) is 5.53. The molecule has 4 aromatic rings. The third kappa shape index (κ3) is 4.60. The molecule has 0 aliphatic carbocycles. The first-order valence-corrected chi connectivity index (χ1v) is 10.3. The molecule has 0 aliphatic rings. The number of aromatic nitrogens is 3. The Labute approximate surface area is 174 Å². The topological polar surface area (TPSA) is 59.8 Å². The number of nitrogens with one attached hydrogen (secondary N) is 1. The van der Waals surface area contributed by atoms with Crippen LogP contribution in [0.5, 0.6) is 0 Å². The molecule has 0 unspecified atom stereocenters. The summed E-state index contributed by atoms with van der Waals surface area (Å²) >= 11 is 1.55. The van der Waals surface area contributed by atoms with Crippen molar-refractivity contribution < 1.29 is 4.79 Å². The minimum Gasteiger partial charge on any atom is -0.346 e. The van der Waals surface area contributed by atoms with Crippen molar-refractivity contribution >= 4 is 17.2 Å². The van der Waals surface area contributed by atoms with Gasteiger partial charge in [-0.15, -0.1) is 11.3 Å². The highest BCUT2D eigenvalue weighted by Gasteiger charge is 2.10. The fourth-order valence-electron chi connectivity index (χ4n) is 3.21. The van der Waals surface area contributed by atoms with E-state index in [0.29, 0.717) is 18.7 Å². The largest absolute Gasteiger partial charge is 0.346 e. The molecule has 0 radical (unpaired) electrons. The lowest BCUT2D eigenvalue weighted by atomic mass is 10.1. The van der Waals surface area contributed by atoms with E-state index in [1.807, 2.05) is 84.6 Å². The number of amides is 1. The standard InChI is InChI=1S/C23H22N4OS/c1-16-11-17(2)27(26-16)14-18-7-6-10-20(12-18)23(28)24-13-22-25-21(15-29-22)19-8-4-3-5-9-19/h3-12,15H,13-14H2,1-2H3,(H,24,28). The molecule has 29 heavy (non-hydrogen) atoms. The average molecular weight is 403 g/mol. The van der Waals surface area contributed by atoms with Crippen molar-refractivity contribution in [1.82, 2.24) is 20.1 Å². The number of hydrogen-bond donors (Lipinski definition) is 1. The molecule has 0 spiro atoms. The van der Waals surface area contributed by atoms with Gasteiger partial charge in [-0.3, -0.25) is 9.48 Å². The first-order valence-electron chi connectivity index (χ1n) is 9.46. The molecule has 2 aromatic heterocycles. The lowest BCUT2D eigenvalue weighted by Crippen LogP contribution is -2.22. The summed E-state index contributed by atoms with van der Waals surface area (Å²) in [6.07, 6.45) is 0. The van der Waals surface area contributed by atoms with Crippen LogP contribution >= 0.6 is 11.3 Å². The molecule has 0 saturated heterocycles. The highest BCUT2D eigenvalue weighted by Crippen LogP contribution is 2.21. The summed E-state index contributed by atoms with van der Waals surface area (Å²) in [4.78, 5) is 17.2. The summed E-state index contributed by atoms with van der Waals surface area (Å²) in [5, 5.41) is 10.4. The van der Waals surface area contributed by atoms with Gasteiger partial charge in [0.25, 0.3) is 5.91 Å². The molecular formula is C23H22N4OS. The molecular weight excluding hydrogens is 380 g/mol. The molecule has 0 atom stereocenters. The molecule has 146 valence electrons. The second-order valence-corrected chi connectivity index (χ2v) is 7.90. The van der Waals surface area contributed by atoms with Crippen molar-refractivity contribution in [2.45, 2.75) is 26.9 Å². The van der Waals surface area contributed by atoms with Crippen LogP contribution in [0.2, 0.25) is 0 Å². The second-order valence-electron chi connectivity index (χ2n) is 6.96. The quantitative estimate of drug-likeness (QED) is 0.513. The van der Waals surface area contributed by atoms with Crippen molar-refractivity contribution in [3.63, 3.8) is 0 Å². The summed E-state index contributed by atoms with van der Waals surface area (Å²) in [6.45, 7) is 5.08. The van der Waals surface area contributed by atoms with Crippen LogP contribution in [0.1, 0.15) is 32.3 Å². The smallest absolute Gasteiger partial charge is 0.251 e. The molecule has 0 aliphatic heterocycles. The van der Waals surface area contributed by atoms with Gasteiger partial charge in [0.2, 0.25) is 0 Å². The number of aryl methyl sites for hydroxylation is 2. The van der Waals surface area contributed by atoms with E-state index in [1.165, 1.54) is 0 Å². The van der Waals surface area contributed by atoms with Gasteiger partial charge in [-0.25, -0.2) is 4.98 Å². The van der Waals surface area contributed by atoms with E-state index in [0.717, 1.165) is 33.2 Å². The van der Waals surface area contributed by atoms with Crippen molar-refractivity contribution in [1.29, 1.82) is 0 Å². The normalized spacial score (nSPS) is 10.8. The van der Waals surface area contributed by atoms with Gasteiger partial charge in [0.05, 0.1) is 24.5 Å². The first-order chi connectivity index (χ1) is 14.1. The first kappa shape index (κ1) is 19.1.